The van der Waals surface area contributed by atoms with Gasteiger partial charge < -0.3 is 4.74 Å². The van der Waals surface area contributed by atoms with Crippen LogP contribution in [0.25, 0.3) is 0 Å². The second kappa shape index (κ2) is 5.88. The average molecular weight is 253 g/mol. The molecule has 1 aromatic rings. The number of hydrogen-bond acceptors (Lipinski definition) is 1. The maximum Gasteiger partial charge on any atom is 0.136 e. The summed E-state index contributed by atoms with van der Waals surface area (Å²) in [4.78, 5) is 0. The molecule has 0 saturated heterocycles. The second-order valence-electron chi connectivity index (χ2n) is 5.33. The maximum absolute atomic E-state index is 6.43. The number of hydrogen-bond donors (Lipinski definition) is 0. The lowest BCUT2D eigenvalue weighted by Gasteiger charge is -2.37. The van der Waals surface area contributed by atoms with E-state index in [2.05, 4.69) is 19.1 Å². The van der Waals surface area contributed by atoms with Gasteiger partial charge in [0, 0.05) is 5.41 Å². The summed E-state index contributed by atoms with van der Waals surface area (Å²) in [5.41, 5.74) is 1.19. The highest BCUT2D eigenvalue weighted by atomic mass is 35.5. The Morgan fingerprint density at radius 3 is 2.47 bits per heavy atom. The summed E-state index contributed by atoms with van der Waals surface area (Å²) < 4.78 is 5.84. The molecule has 0 aromatic heterocycles. The molecule has 0 bridgehead atoms. The Bertz CT molecular complexity index is 330. The molecule has 0 N–H and O–H groups in total. The van der Waals surface area contributed by atoms with Crippen molar-refractivity contribution < 1.29 is 4.74 Å². The minimum Gasteiger partial charge on any atom is -0.357 e. The summed E-state index contributed by atoms with van der Waals surface area (Å²) in [6.07, 6.45) is 6.30. The van der Waals surface area contributed by atoms with Gasteiger partial charge in [0.05, 0.1) is 6.61 Å². The number of benzene rings is 1. The van der Waals surface area contributed by atoms with E-state index in [-0.39, 0.29) is 11.0 Å². The number of ether oxygens (including phenoxy) is 1. The van der Waals surface area contributed by atoms with Crippen LogP contribution in [0.1, 0.15) is 44.6 Å². The normalized spacial score (nSPS) is 21.1. The van der Waals surface area contributed by atoms with Crippen LogP contribution in [0, 0.1) is 5.41 Å². The molecule has 2 rings (SSSR count). The van der Waals surface area contributed by atoms with Gasteiger partial charge in [0.2, 0.25) is 0 Å². The third kappa shape index (κ3) is 3.46. The fourth-order valence-corrected chi connectivity index (χ4v) is 2.81. The van der Waals surface area contributed by atoms with Gasteiger partial charge in [-0.1, -0.05) is 68.1 Å². The smallest absolute Gasteiger partial charge is 0.136 e. The Balaban J connectivity index is 1.86. The lowest BCUT2D eigenvalue weighted by Crippen LogP contribution is -2.32. The van der Waals surface area contributed by atoms with Crippen LogP contribution in [-0.4, -0.2) is 5.56 Å². The third-order valence-electron chi connectivity index (χ3n) is 3.78. The fraction of sp³-hybridized carbons (Fsp3) is 0.600. The summed E-state index contributed by atoms with van der Waals surface area (Å²) in [7, 11) is 0. The first kappa shape index (κ1) is 12.9. The molecular formula is C15H21ClO. The Hall–Kier alpha value is -0.530. The minimum atomic E-state index is -0.164. The van der Waals surface area contributed by atoms with E-state index in [1.807, 2.05) is 18.2 Å². The van der Waals surface area contributed by atoms with Crippen LogP contribution in [0.5, 0.6) is 0 Å². The molecule has 0 spiro atoms. The van der Waals surface area contributed by atoms with Gasteiger partial charge in [-0.05, 0) is 18.4 Å². The van der Waals surface area contributed by atoms with Crippen LogP contribution in [-0.2, 0) is 11.3 Å². The van der Waals surface area contributed by atoms with Crippen molar-refractivity contribution in [2.24, 2.45) is 5.41 Å². The first-order chi connectivity index (χ1) is 8.21. The van der Waals surface area contributed by atoms with Crippen LogP contribution in [0.4, 0.5) is 0 Å². The summed E-state index contributed by atoms with van der Waals surface area (Å²) >= 11 is 6.43. The Morgan fingerprint density at radius 2 is 1.82 bits per heavy atom. The van der Waals surface area contributed by atoms with Crippen LogP contribution >= 0.6 is 11.6 Å². The lowest BCUT2D eigenvalue weighted by molar-refractivity contribution is -0.00816. The van der Waals surface area contributed by atoms with Crippen molar-refractivity contribution in [3.8, 4) is 0 Å². The van der Waals surface area contributed by atoms with Gasteiger partial charge in [-0.15, -0.1) is 0 Å². The molecule has 0 aliphatic heterocycles. The minimum absolute atomic E-state index is 0.161. The standard InChI is InChI=1S/C15H21ClO/c1-15(10-6-3-7-11-15)14(16)17-12-13-8-4-2-5-9-13/h2,4-5,8-9,14H,3,6-7,10-12H2,1H3. The van der Waals surface area contributed by atoms with E-state index in [1.54, 1.807) is 0 Å². The van der Waals surface area contributed by atoms with E-state index in [1.165, 1.54) is 37.7 Å². The molecule has 1 aliphatic carbocycles. The van der Waals surface area contributed by atoms with Gasteiger partial charge in [0.25, 0.3) is 0 Å². The van der Waals surface area contributed by atoms with E-state index in [0.717, 1.165) is 0 Å². The Kier molecular flexibility index (Phi) is 4.47. The van der Waals surface area contributed by atoms with Crippen LogP contribution < -0.4 is 0 Å². The molecule has 1 fully saturated rings. The number of alkyl halides is 1. The zero-order chi connectivity index (χ0) is 12.1. The second-order valence-corrected chi connectivity index (χ2v) is 5.72. The fourth-order valence-electron chi connectivity index (χ4n) is 2.53. The first-order valence-corrected chi connectivity index (χ1v) is 6.94. The molecule has 1 aliphatic rings. The van der Waals surface area contributed by atoms with E-state index in [0.29, 0.717) is 6.61 Å². The van der Waals surface area contributed by atoms with E-state index in [9.17, 15) is 0 Å². The molecule has 0 amide bonds. The molecule has 17 heavy (non-hydrogen) atoms. The summed E-state index contributed by atoms with van der Waals surface area (Å²) in [6, 6.07) is 10.2. The van der Waals surface area contributed by atoms with Crippen molar-refractivity contribution in [2.45, 2.75) is 51.2 Å². The van der Waals surface area contributed by atoms with Gasteiger partial charge in [0.1, 0.15) is 5.56 Å². The van der Waals surface area contributed by atoms with Crippen LogP contribution in [0.2, 0.25) is 0 Å². The predicted molar refractivity (Wildman–Crippen MR) is 72.1 cm³/mol. The molecule has 0 heterocycles. The number of halogens is 1. The van der Waals surface area contributed by atoms with Crippen molar-refractivity contribution >= 4 is 11.6 Å². The molecule has 1 atom stereocenters. The topological polar surface area (TPSA) is 9.23 Å². The highest BCUT2D eigenvalue weighted by Crippen LogP contribution is 2.41. The average Bonchev–Trinajstić information content (AvgIpc) is 2.38. The van der Waals surface area contributed by atoms with Crippen LogP contribution in [0.15, 0.2) is 30.3 Å². The highest BCUT2D eigenvalue weighted by molar-refractivity contribution is 6.20. The molecule has 1 aromatic carbocycles. The van der Waals surface area contributed by atoms with Crippen molar-refractivity contribution in [3.63, 3.8) is 0 Å². The SMILES string of the molecule is CC1(C(Cl)OCc2ccccc2)CCCCC1. The largest absolute Gasteiger partial charge is 0.357 e. The molecule has 1 saturated carbocycles. The van der Waals surface area contributed by atoms with E-state index < -0.39 is 0 Å². The van der Waals surface area contributed by atoms with Crippen molar-refractivity contribution in [1.29, 1.82) is 0 Å². The lowest BCUT2D eigenvalue weighted by atomic mass is 9.76. The zero-order valence-corrected chi connectivity index (χ0v) is 11.2. The monoisotopic (exact) mass is 252 g/mol. The van der Waals surface area contributed by atoms with Gasteiger partial charge in [-0.3, -0.25) is 0 Å². The molecule has 0 radical (unpaired) electrons. The summed E-state index contributed by atoms with van der Waals surface area (Å²) in [5.74, 6) is 0. The van der Waals surface area contributed by atoms with E-state index in [4.69, 9.17) is 16.3 Å². The van der Waals surface area contributed by atoms with Gasteiger partial charge in [-0.25, -0.2) is 0 Å². The van der Waals surface area contributed by atoms with Crippen molar-refractivity contribution in [2.75, 3.05) is 0 Å². The zero-order valence-electron chi connectivity index (χ0n) is 10.5. The number of rotatable bonds is 4. The molecule has 94 valence electrons. The summed E-state index contributed by atoms with van der Waals surface area (Å²) in [5, 5.41) is 0. The predicted octanol–water partition coefficient (Wildman–Crippen LogP) is 4.74. The highest BCUT2D eigenvalue weighted by Gasteiger charge is 2.34. The van der Waals surface area contributed by atoms with Crippen molar-refractivity contribution in [3.05, 3.63) is 35.9 Å². The first-order valence-electron chi connectivity index (χ1n) is 6.50. The summed E-state index contributed by atoms with van der Waals surface area (Å²) in [6.45, 7) is 2.87. The molecule has 2 heteroatoms. The van der Waals surface area contributed by atoms with Gasteiger partial charge >= 0.3 is 0 Å². The Labute approximate surface area is 109 Å². The molecule has 1 nitrogen and oxygen atoms in total. The van der Waals surface area contributed by atoms with Gasteiger partial charge in [-0.2, -0.15) is 0 Å². The van der Waals surface area contributed by atoms with E-state index >= 15 is 0 Å². The van der Waals surface area contributed by atoms with Crippen LogP contribution in [0.3, 0.4) is 0 Å². The molecular weight excluding hydrogens is 232 g/mol. The maximum atomic E-state index is 6.43. The van der Waals surface area contributed by atoms with Crippen molar-refractivity contribution in [1.82, 2.24) is 0 Å². The Morgan fingerprint density at radius 1 is 1.18 bits per heavy atom. The molecule has 1 unspecified atom stereocenters. The third-order valence-corrected chi connectivity index (χ3v) is 4.44. The van der Waals surface area contributed by atoms with Gasteiger partial charge in [0.15, 0.2) is 0 Å². The quantitative estimate of drug-likeness (QED) is 0.704.